The molecule has 1 aromatic rings. The molecule has 2 rings (SSSR count). The summed E-state index contributed by atoms with van der Waals surface area (Å²) in [6, 6.07) is 5.65. The highest BCUT2D eigenvalue weighted by molar-refractivity contribution is 6.31. The monoisotopic (exact) mass is 283 g/mol. The summed E-state index contributed by atoms with van der Waals surface area (Å²) in [5.41, 5.74) is 0.777. The first-order chi connectivity index (χ1) is 9.10. The van der Waals surface area contributed by atoms with Gasteiger partial charge in [-0.2, -0.15) is 0 Å². The summed E-state index contributed by atoms with van der Waals surface area (Å²) in [4.78, 5) is 0. The first-order valence-corrected chi connectivity index (χ1v) is 7.64. The van der Waals surface area contributed by atoms with Gasteiger partial charge in [0, 0.05) is 23.2 Å². The molecular weight excluding hydrogens is 261 g/mol. The zero-order valence-corrected chi connectivity index (χ0v) is 12.6. The first kappa shape index (κ1) is 14.8. The van der Waals surface area contributed by atoms with Gasteiger partial charge in [-0.25, -0.2) is 4.39 Å². The predicted octanol–water partition coefficient (Wildman–Crippen LogP) is 4.58. The van der Waals surface area contributed by atoms with E-state index in [2.05, 4.69) is 19.2 Å². The van der Waals surface area contributed by atoms with Crippen LogP contribution in [-0.2, 0) is 6.42 Å². The minimum atomic E-state index is -0.176. The smallest absolute Gasteiger partial charge is 0.127 e. The third-order valence-corrected chi connectivity index (χ3v) is 4.81. The van der Waals surface area contributed by atoms with E-state index in [4.69, 9.17) is 11.6 Å². The second kappa shape index (κ2) is 6.23. The summed E-state index contributed by atoms with van der Waals surface area (Å²) in [7, 11) is 0. The Morgan fingerprint density at radius 2 is 2.00 bits per heavy atom. The summed E-state index contributed by atoms with van der Waals surface area (Å²) >= 11 is 6.16. The van der Waals surface area contributed by atoms with Crippen molar-refractivity contribution in [3.05, 3.63) is 34.6 Å². The molecule has 0 bridgehead atoms. The van der Waals surface area contributed by atoms with Crippen molar-refractivity contribution >= 4 is 11.6 Å². The lowest BCUT2D eigenvalue weighted by Crippen LogP contribution is -2.36. The SMILES string of the molecule is CCC(CC)(CNC1CC1)Cc1c(F)cccc1Cl. The molecule has 0 heterocycles. The van der Waals surface area contributed by atoms with E-state index in [1.165, 1.54) is 18.9 Å². The number of benzene rings is 1. The van der Waals surface area contributed by atoms with E-state index in [1.54, 1.807) is 12.1 Å². The molecule has 19 heavy (non-hydrogen) atoms. The van der Waals surface area contributed by atoms with Gasteiger partial charge in [-0.15, -0.1) is 0 Å². The van der Waals surface area contributed by atoms with Crippen molar-refractivity contribution < 1.29 is 4.39 Å². The van der Waals surface area contributed by atoms with Crippen molar-refractivity contribution in [1.29, 1.82) is 0 Å². The highest BCUT2D eigenvalue weighted by atomic mass is 35.5. The van der Waals surface area contributed by atoms with E-state index in [0.717, 1.165) is 19.4 Å². The summed E-state index contributed by atoms with van der Waals surface area (Å²) in [5.74, 6) is -0.176. The van der Waals surface area contributed by atoms with Crippen molar-refractivity contribution in [2.24, 2.45) is 5.41 Å². The zero-order chi connectivity index (χ0) is 13.9. The Kier molecular flexibility index (Phi) is 4.86. The quantitative estimate of drug-likeness (QED) is 0.772. The van der Waals surface area contributed by atoms with Crippen molar-refractivity contribution in [1.82, 2.24) is 5.32 Å². The lowest BCUT2D eigenvalue weighted by Gasteiger charge is -2.33. The van der Waals surface area contributed by atoms with Gasteiger partial charge in [0.15, 0.2) is 0 Å². The molecule has 0 aromatic heterocycles. The van der Waals surface area contributed by atoms with E-state index in [1.807, 2.05) is 0 Å². The molecule has 1 N–H and O–H groups in total. The van der Waals surface area contributed by atoms with Crippen LogP contribution in [0.15, 0.2) is 18.2 Å². The fraction of sp³-hybridized carbons (Fsp3) is 0.625. The Hall–Kier alpha value is -0.600. The molecule has 0 atom stereocenters. The minimum absolute atomic E-state index is 0.106. The van der Waals surface area contributed by atoms with Crippen LogP contribution in [0.4, 0.5) is 4.39 Å². The van der Waals surface area contributed by atoms with Crippen molar-refractivity contribution in [3.63, 3.8) is 0 Å². The third-order valence-electron chi connectivity index (χ3n) is 4.46. The number of hydrogen-bond donors (Lipinski definition) is 1. The van der Waals surface area contributed by atoms with Gasteiger partial charge in [0.05, 0.1) is 0 Å². The van der Waals surface area contributed by atoms with Crippen LogP contribution < -0.4 is 5.32 Å². The Balaban J connectivity index is 2.14. The molecule has 1 nitrogen and oxygen atoms in total. The highest BCUT2D eigenvalue weighted by Crippen LogP contribution is 2.35. The topological polar surface area (TPSA) is 12.0 Å². The van der Waals surface area contributed by atoms with Crippen LogP contribution in [-0.4, -0.2) is 12.6 Å². The molecule has 1 aliphatic rings. The molecule has 0 unspecified atom stereocenters. The number of halogens is 2. The van der Waals surface area contributed by atoms with Crippen molar-refractivity contribution in [3.8, 4) is 0 Å². The Morgan fingerprint density at radius 1 is 1.32 bits per heavy atom. The third kappa shape index (κ3) is 3.70. The van der Waals surface area contributed by atoms with Crippen molar-refractivity contribution in [2.75, 3.05) is 6.54 Å². The van der Waals surface area contributed by atoms with Gasteiger partial charge in [-0.1, -0.05) is 31.5 Å². The summed E-state index contributed by atoms with van der Waals surface area (Å²) in [5, 5.41) is 4.15. The average molecular weight is 284 g/mol. The number of rotatable bonds is 7. The molecule has 0 spiro atoms. The molecule has 0 aliphatic heterocycles. The molecule has 0 amide bonds. The van der Waals surface area contributed by atoms with E-state index in [0.29, 0.717) is 23.0 Å². The largest absolute Gasteiger partial charge is 0.313 e. The first-order valence-electron chi connectivity index (χ1n) is 7.26. The van der Waals surface area contributed by atoms with E-state index in [-0.39, 0.29) is 11.2 Å². The van der Waals surface area contributed by atoms with Gasteiger partial charge < -0.3 is 5.32 Å². The highest BCUT2D eigenvalue weighted by Gasteiger charge is 2.31. The van der Waals surface area contributed by atoms with E-state index >= 15 is 0 Å². The van der Waals surface area contributed by atoms with Crippen LogP contribution >= 0.6 is 11.6 Å². The van der Waals surface area contributed by atoms with Gasteiger partial charge in [0.25, 0.3) is 0 Å². The number of nitrogens with one attached hydrogen (secondary N) is 1. The molecule has 3 heteroatoms. The molecule has 106 valence electrons. The molecule has 1 aromatic carbocycles. The molecular formula is C16H23ClFN. The van der Waals surface area contributed by atoms with E-state index in [9.17, 15) is 4.39 Å². The van der Waals surface area contributed by atoms with Crippen LogP contribution in [0.3, 0.4) is 0 Å². The van der Waals surface area contributed by atoms with Gasteiger partial charge >= 0.3 is 0 Å². The van der Waals surface area contributed by atoms with Gasteiger partial charge in [0.1, 0.15) is 5.82 Å². The lowest BCUT2D eigenvalue weighted by molar-refractivity contribution is 0.243. The second-order valence-corrected chi connectivity index (χ2v) is 6.15. The molecule has 1 aliphatic carbocycles. The summed E-state index contributed by atoms with van der Waals surface area (Å²) in [6.07, 6.45) is 5.35. The molecule has 0 radical (unpaired) electrons. The average Bonchev–Trinajstić information content (AvgIpc) is 3.22. The normalized spacial score (nSPS) is 15.8. The van der Waals surface area contributed by atoms with Gasteiger partial charge in [-0.05, 0) is 49.7 Å². The van der Waals surface area contributed by atoms with Gasteiger partial charge in [-0.3, -0.25) is 0 Å². The van der Waals surface area contributed by atoms with E-state index < -0.39 is 0 Å². The van der Waals surface area contributed by atoms with Crippen molar-refractivity contribution in [2.45, 2.75) is 52.0 Å². The minimum Gasteiger partial charge on any atom is -0.313 e. The van der Waals surface area contributed by atoms with Crippen LogP contribution in [0.1, 0.15) is 45.1 Å². The maximum Gasteiger partial charge on any atom is 0.127 e. The predicted molar refractivity (Wildman–Crippen MR) is 79.2 cm³/mol. The zero-order valence-electron chi connectivity index (χ0n) is 11.8. The Morgan fingerprint density at radius 3 is 2.53 bits per heavy atom. The van der Waals surface area contributed by atoms with Crippen LogP contribution in [0.25, 0.3) is 0 Å². The number of hydrogen-bond acceptors (Lipinski definition) is 1. The fourth-order valence-electron chi connectivity index (χ4n) is 2.54. The standard InChI is InChI=1S/C16H23ClFN/c1-3-16(4-2,11-19-12-8-9-12)10-13-14(17)6-5-7-15(13)18/h5-7,12,19H,3-4,8-11H2,1-2H3. The lowest BCUT2D eigenvalue weighted by atomic mass is 9.76. The van der Waals surface area contributed by atoms with Gasteiger partial charge in [0.2, 0.25) is 0 Å². The maximum atomic E-state index is 14.0. The Labute approximate surface area is 120 Å². The van der Waals surface area contributed by atoms with Crippen LogP contribution in [0.5, 0.6) is 0 Å². The summed E-state index contributed by atoms with van der Waals surface area (Å²) < 4.78 is 14.0. The summed E-state index contributed by atoms with van der Waals surface area (Å²) in [6.45, 7) is 5.33. The molecule has 0 saturated heterocycles. The molecule has 1 saturated carbocycles. The second-order valence-electron chi connectivity index (χ2n) is 5.74. The fourth-order valence-corrected chi connectivity index (χ4v) is 2.77. The van der Waals surface area contributed by atoms with Crippen LogP contribution in [0, 0.1) is 11.2 Å². The molecule has 1 fully saturated rings. The maximum absolute atomic E-state index is 14.0. The van der Waals surface area contributed by atoms with Crippen LogP contribution in [0.2, 0.25) is 5.02 Å². The Bertz CT molecular complexity index is 405.